The molecule has 0 unspecified atom stereocenters. The Balaban J connectivity index is 3.06. The van der Waals surface area contributed by atoms with Crippen LogP contribution in [0, 0.1) is 0 Å². The van der Waals surface area contributed by atoms with E-state index in [1.54, 1.807) is 12.1 Å². The van der Waals surface area contributed by atoms with Crippen molar-refractivity contribution in [2.45, 2.75) is 0 Å². The van der Waals surface area contributed by atoms with E-state index < -0.39 is 0 Å². The van der Waals surface area contributed by atoms with E-state index >= 15 is 0 Å². The Morgan fingerprint density at radius 3 is 2.92 bits per heavy atom. The fourth-order valence-corrected chi connectivity index (χ4v) is 0.877. The summed E-state index contributed by atoms with van der Waals surface area (Å²) >= 11 is 0. The van der Waals surface area contributed by atoms with E-state index in [0.29, 0.717) is 11.8 Å². The average molecular weight is 179 g/mol. The molecule has 0 atom stereocenters. The number of aromatic nitrogens is 1. The van der Waals surface area contributed by atoms with Crippen LogP contribution in [0.25, 0.3) is 6.08 Å². The van der Waals surface area contributed by atoms with Crippen LogP contribution in [0.4, 0.5) is 0 Å². The van der Waals surface area contributed by atoms with Gasteiger partial charge in [0.1, 0.15) is 6.29 Å². The van der Waals surface area contributed by atoms with Crippen LogP contribution in [0.2, 0.25) is 0 Å². The second-order valence-electron chi connectivity index (χ2n) is 2.33. The maximum Gasteiger partial charge on any atom is 0.290 e. The predicted molar refractivity (Wildman–Crippen MR) is 48.7 cm³/mol. The summed E-state index contributed by atoms with van der Waals surface area (Å²) in [5.41, 5.74) is 0.425. The molecule has 0 spiro atoms. The van der Waals surface area contributed by atoms with Crippen LogP contribution in [-0.2, 0) is 4.79 Å². The Morgan fingerprint density at radius 1 is 1.54 bits per heavy atom. The van der Waals surface area contributed by atoms with E-state index in [1.165, 1.54) is 19.4 Å². The number of hydrogen-bond donors (Lipinski definition) is 1. The fraction of sp³-hybridized carbons (Fsp3) is 0.111. The molecular weight excluding hydrogens is 170 g/mol. The fourth-order valence-electron chi connectivity index (χ4n) is 0.877. The lowest BCUT2D eigenvalue weighted by molar-refractivity contribution is -0.104. The third kappa shape index (κ3) is 2.30. The summed E-state index contributed by atoms with van der Waals surface area (Å²) < 4.78 is 4.80. The molecule has 0 aliphatic rings. The average Bonchev–Trinajstić information content (AvgIpc) is 2.16. The van der Waals surface area contributed by atoms with Crippen molar-refractivity contribution in [3.05, 3.63) is 34.3 Å². The third-order valence-corrected chi connectivity index (χ3v) is 1.48. The number of carbonyl (C=O) groups excluding carboxylic acids is 1. The van der Waals surface area contributed by atoms with Gasteiger partial charge in [-0.15, -0.1) is 0 Å². The molecular formula is C9H9NO3. The summed E-state index contributed by atoms with van der Waals surface area (Å²) in [5.74, 6) is 0.230. The molecule has 13 heavy (non-hydrogen) atoms. The minimum absolute atomic E-state index is 0.230. The Bertz CT molecular complexity index is 379. The van der Waals surface area contributed by atoms with Gasteiger partial charge in [0.25, 0.3) is 5.56 Å². The number of aldehydes is 1. The summed E-state index contributed by atoms with van der Waals surface area (Å²) in [7, 11) is 1.41. The molecule has 0 aromatic carbocycles. The van der Waals surface area contributed by atoms with Gasteiger partial charge in [0.15, 0.2) is 5.75 Å². The van der Waals surface area contributed by atoms with E-state index in [9.17, 15) is 9.59 Å². The maximum absolute atomic E-state index is 11.0. The zero-order valence-electron chi connectivity index (χ0n) is 7.11. The van der Waals surface area contributed by atoms with Crippen LogP contribution in [0.3, 0.4) is 0 Å². The molecule has 0 saturated heterocycles. The van der Waals surface area contributed by atoms with Gasteiger partial charge in [-0.1, -0.05) is 6.08 Å². The maximum atomic E-state index is 11.0. The Morgan fingerprint density at radius 2 is 2.31 bits per heavy atom. The minimum Gasteiger partial charge on any atom is -0.491 e. The number of methoxy groups -OCH3 is 1. The van der Waals surface area contributed by atoms with E-state index in [4.69, 9.17) is 4.74 Å². The van der Waals surface area contributed by atoms with Gasteiger partial charge < -0.3 is 9.72 Å². The van der Waals surface area contributed by atoms with Crippen LogP contribution in [-0.4, -0.2) is 18.4 Å². The van der Waals surface area contributed by atoms with Crippen LogP contribution in [0.15, 0.2) is 23.1 Å². The molecule has 1 aromatic rings. The highest BCUT2D eigenvalue weighted by Gasteiger charge is 1.97. The van der Waals surface area contributed by atoms with Gasteiger partial charge in [-0.3, -0.25) is 9.59 Å². The summed E-state index contributed by atoms with van der Waals surface area (Å²) in [5, 5.41) is 0. The van der Waals surface area contributed by atoms with Crippen molar-refractivity contribution in [2.24, 2.45) is 0 Å². The molecule has 0 aliphatic carbocycles. The van der Waals surface area contributed by atoms with Gasteiger partial charge in [0.05, 0.1) is 7.11 Å². The highest BCUT2D eigenvalue weighted by molar-refractivity contribution is 5.73. The largest absolute Gasteiger partial charge is 0.491 e. The van der Waals surface area contributed by atoms with Gasteiger partial charge in [-0.25, -0.2) is 0 Å². The van der Waals surface area contributed by atoms with Crippen LogP contribution in [0.5, 0.6) is 5.75 Å². The molecule has 1 N–H and O–H groups in total. The highest BCUT2D eigenvalue weighted by Crippen LogP contribution is 2.06. The zero-order valence-corrected chi connectivity index (χ0v) is 7.11. The van der Waals surface area contributed by atoms with Crippen molar-refractivity contribution in [2.75, 3.05) is 7.11 Å². The Labute approximate surface area is 74.9 Å². The molecule has 0 aliphatic heterocycles. The van der Waals surface area contributed by atoms with Crippen molar-refractivity contribution < 1.29 is 9.53 Å². The monoisotopic (exact) mass is 179 g/mol. The normalized spacial score (nSPS) is 10.2. The van der Waals surface area contributed by atoms with Gasteiger partial charge in [0, 0.05) is 6.20 Å². The third-order valence-electron chi connectivity index (χ3n) is 1.48. The summed E-state index contributed by atoms with van der Waals surface area (Å²) in [6.45, 7) is 0. The molecule has 0 saturated carbocycles. The lowest BCUT2D eigenvalue weighted by Gasteiger charge is -1.98. The number of allylic oxidation sites excluding steroid dienone is 1. The zero-order chi connectivity index (χ0) is 9.68. The van der Waals surface area contributed by atoms with Crippen molar-refractivity contribution in [3.63, 3.8) is 0 Å². The molecule has 1 aromatic heterocycles. The molecule has 4 nitrogen and oxygen atoms in total. The molecule has 1 rings (SSSR count). The topological polar surface area (TPSA) is 59.2 Å². The quantitative estimate of drug-likeness (QED) is 0.546. The predicted octanol–water partition coefficient (Wildman–Crippen LogP) is 0.596. The van der Waals surface area contributed by atoms with Crippen molar-refractivity contribution in [3.8, 4) is 5.75 Å². The summed E-state index contributed by atoms with van der Waals surface area (Å²) in [6.07, 6.45) is 5.08. The number of rotatable bonds is 3. The molecule has 1 heterocycles. The summed E-state index contributed by atoms with van der Waals surface area (Å²) in [4.78, 5) is 23.5. The van der Waals surface area contributed by atoms with Crippen LogP contribution in [0.1, 0.15) is 5.56 Å². The number of aromatic amines is 1. The van der Waals surface area contributed by atoms with Crippen LogP contribution < -0.4 is 10.3 Å². The lowest BCUT2D eigenvalue weighted by Crippen LogP contribution is -2.08. The molecule has 0 radical (unpaired) electrons. The standard InChI is InChI=1S/C9H9NO3/c1-13-8-5-7(3-2-4-11)6-10-9(8)12/h2-6H,1H3,(H,10,12)/b3-2+. The number of H-pyrrole nitrogens is 1. The second-order valence-corrected chi connectivity index (χ2v) is 2.33. The van der Waals surface area contributed by atoms with Crippen molar-refractivity contribution in [1.82, 2.24) is 4.98 Å². The minimum atomic E-state index is -0.286. The lowest BCUT2D eigenvalue weighted by atomic mass is 10.2. The summed E-state index contributed by atoms with van der Waals surface area (Å²) in [6, 6.07) is 1.55. The van der Waals surface area contributed by atoms with Crippen LogP contribution >= 0.6 is 0 Å². The van der Waals surface area contributed by atoms with Crippen molar-refractivity contribution in [1.29, 1.82) is 0 Å². The first-order valence-corrected chi connectivity index (χ1v) is 3.66. The highest BCUT2D eigenvalue weighted by atomic mass is 16.5. The SMILES string of the molecule is COc1cc(/C=C/C=O)c[nH]c1=O. The van der Waals surface area contributed by atoms with Crippen molar-refractivity contribution >= 4 is 12.4 Å². The second kappa shape index (κ2) is 4.25. The number of pyridine rings is 1. The first-order chi connectivity index (χ1) is 6.27. The first-order valence-electron chi connectivity index (χ1n) is 3.66. The molecule has 0 bridgehead atoms. The van der Waals surface area contributed by atoms with E-state index in [2.05, 4.69) is 4.98 Å². The smallest absolute Gasteiger partial charge is 0.290 e. The van der Waals surface area contributed by atoms with Gasteiger partial charge in [-0.2, -0.15) is 0 Å². The van der Waals surface area contributed by atoms with E-state index in [0.717, 1.165) is 0 Å². The Kier molecular flexibility index (Phi) is 3.03. The number of hydrogen-bond acceptors (Lipinski definition) is 3. The first kappa shape index (κ1) is 9.25. The number of nitrogens with one attached hydrogen (secondary N) is 1. The van der Waals surface area contributed by atoms with Gasteiger partial charge >= 0.3 is 0 Å². The van der Waals surface area contributed by atoms with E-state index in [-0.39, 0.29) is 11.3 Å². The molecule has 68 valence electrons. The molecule has 4 heteroatoms. The van der Waals surface area contributed by atoms with Gasteiger partial charge in [-0.05, 0) is 17.7 Å². The van der Waals surface area contributed by atoms with Gasteiger partial charge in [0.2, 0.25) is 0 Å². The number of carbonyl (C=O) groups is 1. The van der Waals surface area contributed by atoms with E-state index in [1.807, 2.05) is 0 Å². The molecule has 0 fully saturated rings. The molecule has 0 amide bonds. The Hall–Kier alpha value is -1.84. The number of ether oxygens (including phenoxy) is 1.